The Labute approximate surface area is 110 Å². The van der Waals surface area contributed by atoms with Gasteiger partial charge < -0.3 is 10.1 Å². The maximum Gasteiger partial charge on any atom is 0.131 e. The molecule has 4 heteroatoms. The van der Waals surface area contributed by atoms with Crippen LogP contribution in [-0.2, 0) is 17.7 Å². The molecule has 0 bridgehead atoms. The molecular weight excluding hydrogens is 226 g/mol. The van der Waals surface area contributed by atoms with Crippen LogP contribution in [0, 0.1) is 12.8 Å². The van der Waals surface area contributed by atoms with E-state index < -0.39 is 0 Å². The van der Waals surface area contributed by atoms with Crippen LogP contribution in [0.3, 0.4) is 0 Å². The van der Waals surface area contributed by atoms with Crippen LogP contribution in [-0.4, -0.2) is 29.7 Å². The van der Waals surface area contributed by atoms with Crippen LogP contribution in [0.4, 0.5) is 0 Å². The number of hydrogen-bond acceptors (Lipinski definition) is 4. The quantitative estimate of drug-likeness (QED) is 0.719. The molecule has 1 rings (SSSR count). The minimum absolute atomic E-state index is 0.658. The molecule has 0 saturated heterocycles. The molecule has 18 heavy (non-hydrogen) atoms. The molecule has 0 atom stereocenters. The zero-order chi connectivity index (χ0) is 13.4. The van der Waals surface area contributed by atoms with Gasteiger partial charge in [-0.3, -0.25) is 0 Å². The Morgan fingerprint density at radius 3 is 2.78 bits per heavy atom. The minimum atomic E-state index is 0.658. The van der Waals surface area contributed by atoms with Crippen LogP contribution < -0.4 is 5.32 Å². The van der Waals surface area contributed by atoms with Crippen molar-refractivity contribution in [2.45, 2.75) is 40.7 Å². The molecule has 102 valence electrons. The lowest BCUT2D eigenvalue weighted by molar-refractivity contribution is 0.149. The summed E-state index contributed by atoms with van der Waals surface area (Å²) in [6.07, 6.45) is 0.784. The van der Waals surface area contributed by atoms with Gasteiger partial charge >= 0.3 is 0 Å². The van der Waals surface area contributed by atoms with E-state index in [1.807, 2.05) is 19.9 Å². The van der Waals surface area contributed by atoms with Gasteiger partial charge in [0.15, 0.2) is 0 Å². The molecule has 0 saturated carbocycles. The third-order valence-corrected chi connectivity index (χ3v) is 2.49. The molecule has 1 N–H and O–H groups in total. The first-order valence-corrected chi connectivity index (χ1v) is 6.73. The molecule has 0 radical (unpaired) electrons. The smallest absolute Gasteiger partial charge is 0.131 e. The highest BCUT2D eigenvalue weighted by Crippen LogP contribution is 2.02. The Kier molecular flexibility index (Phi) is 6.83. The van der Waals surface area contributed by atoms with Gasteiger partial charge in [-0.2, -0.15) is 0 Å². The van der Waals surface area contributed by atoms with E-state index in [0.29, 0.717) is 12.5 Å². The Hall–Kier alpha value is -1.00. The first kappa shape index (κ1) is 15.1. The molecule has 0 fully saturated rings. The van der Waals surface area contributed by atoms with Gasteiger partial charge in [0.25, 0.3) is 0 Å². The molecule has 0 aliphatic carbocycles. The molecule has 0 aromatic carbocycles. The van der Waals surface area contributed by atoms with E-state index in [-0.39, 0.29) is 0 Å². The highest BCUT2D eigenvalue weighted by atomic mass is 16.5. The van der Waals surface area contributed by atoms with E-state index in [1.165, 1.54) is 0 Å². The fraction of sp³-hybridized carbons (Fsp3) is 0.714. The molecule has 0 amide bonds. The SMILES string of the molecule is CCOCCc1nc(C)cc(CNCC(C)C)n1. The summed E-state index contributed by atoms with van der Waals surface area (Å²) in [5.41, 5.74) is 2.09. The Morgan fingerprint density at radius 1 is 1.33 bits per heavy atom. The highest BCUT2D eigenvalue weighted by Gasteiger charge is 2.03. The Morgan fingerprint density at radius 2 is 2.11 bits per heavy atom. The van der Waals surface area contributed by atoms with E-state index in [9.17, 15) is 0 Å². The number of rotatable bonds is 8. The summed E-state index contributed by atoms with van der Waals surface area (Å²) in [7, 11) is 0. The largest absolute Gasteiger partial charge is 0.381 e. The van der Waals surface area contributed by atoms with Gasteiger partial charge in [-0.25, -0.2) is 9.97 Å². The number of nitrogens with zero attached hydrogens (tertiary/aromatic N) is 2. The summed E-state index contributed by atoms with van der Waals surface area (Å²) in [6.45, 7) is 11.7. The average Bonchev–Trinajstić information content (AvgIpc) is 2.28. The second kappa shape index (κ2) is 8.16. The summed E-state index contributed by atoms with van der Waals surface area (Å²) in [5, 5.41) is 3.40. The average molecular weight is 251 g/mol. The highest BCUT2D eigenvalue weighted by molar-refractivity contribution is 5.10. The van der Waals surface area contributed by atoms with Gasteiger partial charge in [0.05, 0.1) is 12.3 Å². The van der Waals surface area contributed by atoms with Gasteiger partial charge in [-0.15, -0.1) is 0 Å². The maximum absolute atomic E-state index is 5.33. The lowest BCUT2D eigenvalue weighted by Crippen LogP contribution is -2.20. The normalized spacial score (nSPS) is 11.2. The van der Waals surface area contributed by atoms with Crippen molar-refractivity contribution in [1.29, 1.82) is 0 Å². The fourth-order valence-electron chi connectivity index (χ4n) is 1.70. The monoisotopic (exact) mass is 251 g/mol. The predicted octanol–water partition coefficient (Wildman–Crippen LogP) is 2.11. The zero-order valence-electron chi connectivity index (χ0n) is 12.0. The number of nitrogens with one attached hydrogen (secondary N) is 1. The molecule has 1 aromatic heterocycles. The van der Waals surface area contributed by atoms with Gasteiger partial charge in [-0.05, 0) is 32.4 Å². The minimum Gasteiger partial charge on any atom is -0.381 e. The van der Waals surface area contributed by atoms with Crippen molar-refractivity contribution in [3.63, 3.8) is 0 Å². The topological polar surface area (TPSA) is 47.0 Å². The van der Waals surface area contributed by atoms with Crippen LogP contribution in [0.2, 0.25) is 0 Å². The molecule has 4 nitrogen and oxygen atoms in total. The van der Waals surface area contributed by atoms with Crippen molar-refractivity contribution in [2.75, 3.05) is 19.8 Å². The van der Waals surface area contributed by atoms with E-state index >= 15 is 0 Å². The summed E-state index contributed by atoms with van der Waals surface area (Å²) >= 11 is 0. The Bertz CT molecular complexity index is 353. The number of hydrogen-bond donors (Lipinski definition) is 1. The third-order valence-electron chi connectivity index (χ3n) is 2.49. The van der Waals surface area contributed by atoms with Crippen molar-refractivity contribution in [3.05, 3.63) is 23.3 Å². The standard InChI is InChI=1S/C14H25N3O/c1-5-18-7-6-14-16-12(4)8-13(17-14)10-15-9-11(2)3/h8,11,15H,5-7,9-10H2,1-4H3. The van der Waals surface area contributed by atoms with Crippen LogP contribution >= 0.6 is 0 Å². The summed E-state index contributed by atoms with van der Waals surface area (Å²) in [5.74, 6) is 1.54. The van der Waals surface area contributed by atoms with Gasteiger partial charge in [0.1, 0.15) is 5.82 Å². The summed E-state index contributed by atoms with van der Waals surface area (Å²) < 4.78 is 5.33. The maximum atomic E-state index is 5.33. The molecule has 0 unspecified atom stereocenters. The molecule has 0 aliphatic rings. The van der Waals surface area contributed by atoms with E-state index in [2.05, 4.69) is 29.1 Å². The second-order valence-electron chi connectivity index (χ2n) is 4.89. The molecule has 1 aromatic rings. The van der Waals surface area contributed by atoms with Crippen LogP contribution in [0.25, 0.3) is 0 Å². The van der Waals surface area contributed by atoms with Crippen molar-refractivity contribution in [3.8, 4) is 0 Å². The zero-order valence-corrected chi connectivity index (χ0v) is 12.0. The van der Waals surface area contributed by atoms with Gasteiger partial charge in [0, 0.05) is 25.3 Å². The first-order chi connectivity index (χ1) is 8.61. The Balaban J connectivity index is 2.51. The number of ether oxygens (including phenoxy) is 1. The fourth-order valence-corrected chi connectivity index (χ4v) is 1.70. The predicted molar refractivity (Wildman–Crippen MR) is 73.5 cm³/mol. The molecule has 0 aliphatic heterocycles. The number of aromatic nitrogens is 2. The number of aryl methyl sites for hydroxylation is 1. The van der Waals surface area contributed by atoms with Crippen LogP contribution in [0.1, 0.15) is 38.0 Å². The summed E-state index contributed by atoms with van der Waals surface area (Å²) in [4.78, 5) is 8.98. The van der Waals surface area contributed by atoms with Crippen LogP contribution in [0.5, 0.6) is 0 Å². The lowest BCUT2D eigenvalue weighted by atomic mass is 10.2. The molecule has 0 spiro atoms. The van der Waals surface area contributed by atoms with Crippen molar-refractivity contribution in [1.82, 2.24) is 15.3 Å². The second-order valence-corrected chi connectivity index (χ2v) is 4.89. The van der Waals surface area contributed by atoms with E-state index in [4.69, 9.17) is 4.74 Å². The molecular formula is C14H25N3O. The lowest BCUT2D eigenvalue weighted by Gasteiger charge is -2.09. The molecule has 1 heterocycles. The van der Waals surface area contributed by atoms with Crippen LogP contribution in [0.15, 0.2) is 6.07 Å². The summed E-state index contributed by atoms with van der Waals surface area (Å²) in [6, 6.07) is 2.04. The van der Waals surface area contributed by atoms with E-state index in [1.54, 1.807) is 0 Å². The van der Waals surface area contributed by atoms with Crippen molar-refractivity contribution >= 4 is 0 Å². The van der Waals surface area contributed by atoms with Gasteiger partial charge in [0.2, 0.25) is 0 Å². The van der Waals surface area contributed by atoms with Gasteiger partial charge in [-0.1, -0.05) is 13.8 Å². The first-order valence-electron chi connectivity index (χ1n) is 6.73. The van der Waals surface area contributed by atoms with E-state index in [0.717, 1.165) is 43.3 Å². The van der Waals surface area contributed by atoms with Crippen molar-refractivity contribution in [2.24, 2.45) is 5.92 Å². The third kappa shape index (κ3) is 6.07. The van der Waals surface area contributed by atoms with Crippen molar-refractivity contribution < 1.29 is 4.74 Å².